The molecule has 0 aliphatic heterocycles. The standard InChI is InChI=1S/C23H20.Zr/c1-2-17-11-13-19(14-12-17)22-10-6-9-20-15-21(16-23(20)22)18-7-4-3-5-8-18;/h3-14,16H,2,15H2,1H3;. The summed E-state index contributed by atoms with van der Waals surface area (Å²) < 4.78 is 0. The predicted octanol–water partition coefficient (Wildman–Crippen LogP) is 6.01. The van der Waals surface area contributed by atoms with Gasteiger partial charge in [0.1, 0.15) is 0 Å². The Hall–Kier alpha value is -1.72. The number of hydrogen-bond acceptors (Lipinski definition) is 0. The number of fused-ring (bicyclic) bond motifs is 1. The van der Waals surface area contributed by atoms with Crippen LogP contribution in [0.15, 0.2) is 72.8 Å². The van der Waals surface area contributed by atoms with Crippen molar-refractivity contribution in [1.82, 2.24) is 0 Å². The van der Waals surface area contributed by atoms with E-state index in [4.69, 9.17) is 0 Å². The predicted molar refractivity (Wildman–Crippen MR) is 99.3 cm³/mol. The van der Waals surface area contributed by atoms with Crippen LogP contribution < -0.4 is 0 Å². The van der Waals surface area contributed by atoms with Gasteiger partial charge in [0.25, 0.3) is 0 Å². The molecule has 0 nitrogen and oxygen atoms in total. The van der Waals surface area contributed by atoms with Crippen molar-refractivity contribution < 1.29 is 26.2 Å². The number of allylic oxidation sites excluding steroid dienone is 1. The van der Waals surface area contributed by atoms with Gasteiger partial charge in [0.05, 0.1) is 0 Å². The van der Waals surface area contributed by atoms with Crippen LogP contribution in [-0.2, 0) is 39.0 Å². The maximum atomic E-state index is 2.37. The van der Waals surface area contributed by atoms with Gasteiger partial charge in [0.15, 0.2) is 0 Å². The third-order valence-electron chi connectivity index (χ3n) is 4.71. The minimum atomic E-state index is 0. The van der Waals surface area contributed by atoms with E-state index in [1.807, 2.05) is 0 Å². The molecule has 4 rings (SSSR count). The second kappa shape index (κ2) is 7.45. The molecular formula is C23H20Zr. The Morgan fingerprint density at radius 2 is 1.50 bits per heavy atom. The summed E-state index contributed by atoms with van der Waals surface area (Å²) >= 11 is 0. The second-order valence-electron chi connectivity index (χ2n) is 6.14. The zero-order valence-corrected chi connectivity index (χ0v) is 16.4. The monoisotopic (exact) mass is 386 g/mol. The molecule has 0 saturated heterocycles. The zero-order valence-electron chi connectivity index (χ0n) is 13.9. The number of rotatable bonds is 3. The van der Waals surface area contributed by atoms with Gasteiger partial charge in [-0.2, -0.15) is 0 Å². The molecule has 1 aliphatic rings. The topological polar surface area (TPSA) is 0 Å². The Labute approximate surface area is 163 Å². The number of hydrogen-bond donors (Lipinski definition) is 0. The molecule has 0 fully saturated rings. The summed E-state index contributed by atoms with van der Waals surface area (Å²) in [5, 5.41) is 0. The van der Waals surface area contributed by atoms with Crippen LogP contribution in [0.25, 0.3) is 22.8 Å². The van der Waals surface area contributed by atoms with E-state index in [2.05, 4.69) is 85.8 Å². The zero-order chi connectivity index (χ0) is 15.6. The Balaban J connectivity index is 0.00000169. The Bertz CT molecular complexity index is 858. The summed E-state index contributed by atoms with van der Waals surface area (Å²) in [5.41, 5.74) is 9.60. The summed E-state index contributed by atoms with van der Waals surface area (Å²) in [5.74, 6) is 0. The third-order valence-corrected chi connectivity index (χ3v) is 4.71. The fraction of sp³-hybridized carbons (Fsp3) is 0.130. The smallest absolute Gasteiger partial charge is 0 e. The first-order valence-electron chi connectivity index (χ1n) is 8.32. The van der Waals surface area contributed by atoms with E-state index in [9.17, 15) is 0 Å². The SMILES string of the molecule is CCc1ccc(-c2cccc3c2C=C(c2ccccc2)C3)cc1.[Zr]. The van der Waals surface area contributed by atoms with Gasteiger partial charge in [0.2, 0.25) is 0 Å². The molecule has 0 atom stereocenters. The van der Waals surface area contributed by atoms with E-state index in [-0.39, 0.29) is 26.2 Å². The van der Waals surface area contributed by atoms with Crippen LogP contribution in [0, 0.1) is 0 Å². The van der Waals surface area contributed by atoms with Crippen LogP contribution in [-0.4, -0.2) is 0 Å². The van der Waals surface area contributed by atoms with E-state index >= 15 is 0 Å². The Morgan fingerprint density at radius 1 is 0.750 bits per heavy atom. The van der Waals surface area contributed by atoms with Crippen molar-refractivity contribution in [2.75, 3.05) is 0 Å². The van der Waals surface area contributed by atoms with Gasteiger partial charge in [-0.15, -0.1) is 0 Å². The summed E-state index contributed by atoms with van der Waals surface area (Å²) in [4.78, 5) is 0. The van der Waals surface area contributed by atoms with Gasteiger partial charge in [-0.05, 0) is 57.9 Å². The molecule has 0 bridgehead atoms. The molecule has 0 saturated carbocycles. The van der Waals surface area contributed by atoms with Gasteiger partial charge in [-0.25, -0.2) is 0 Å². The molecule has 24 heavy (non-hydrogen) atoms. The van der Waals surface area contributed by atoms with Crippen LogP contribution in [0.5, 0.6) is 0 Å². The first-order chi connectivity index (χ1) is 11.3. The average Bonchev–Trinajstić information content (AvgIpc) is 3.07. The fourth-order valence-corrected chi connectivity index (χ4v) is 3.38. The molecule has 0 heterocycles. The molecule has 0 amide bonds. The van der Waals surface area contributed by atoms with E-state index < -0.39 is 0 Å². The summed E-state index contributed by atoms with van der Waals surface area (Å²) in [6.07, 6.45) is 4.49. The summed E-state index contributed by atoms with van der Waals surface area (Å²) in [6, 6.07) is 26.4. The van der Waals surface area contributed by atoms with Gasteiger partial charge in [0, 0.05) is 26.2 Å². The Morgan fingerprint density at radius 3 is 2.21 bits per heavy atom. The molecule has 0 spiro atoms. The van der Waals surface area contributed by atoms with Crippen LogP contribution >= 0.6 is 0 Å². The van der Waals surface area contributed by atoms with Crippen LogP contribution in [0.2, 0.25) is 0 Å². The quantitative estimate of drug-likeness (QED) is 0.516. The normalized spacial score (nSPS) is 12.3. The summed E-state index contributed by atoms with van der Waals surface area (Å²) in [6.45, 7) is 2.20. The van der Waals surface area contributed by atoms with Crippen LogP contribution in [0.3, 0.4) is 0 Å². The van der Waals surface area contributed by atoms with Crippen molar-refractivity contribution in [3.05, 3.63) is 95.1 Å². The maximum Gasteiger partial charge on any atom is 0 e. The molecule has 3 aromatic rings. The van der Waals surface area contributed by atoms with Gasteiger partial charge >= 0.3 is 0 Å². The van der Waals surface area contributed by atoms with E-state index in [1.165, 1.54) is 39.0 Å². The van der Waals surface area contributed by atoms with Crippen molar-refractivity contribution >= 4 is 11.6 Å². The molecule has 0 unspecified atom stereocenters. The third kappa shape index (κ3) is 3.24. The molecule has 116 valence electrons. The second-order valence-corrected chi connectivity index (χ2v) is 6.14. The molecule has 0 radical (unpaired) electrons. The minimum absolute atomic E-state index is 0. The van der Waals surface area contributed by atoms with Crippen molar-refractivity contribution in [3.8, 4) is 11.1 Å². The summed E-state index contributed by atoms with van der Waals surface area (Å²) in [7, 11) is 0. The first kappa shape index (κ1) is 17.1. The maximum absolute atomic E-state index is 2.37. The molecule has 0 aromatic heterocycles. The van der Waals surface area contributed by atoms with Gasteiger partial charge in [-0.1, -0.05) is 79.7 Å². The molecule has 3 aromatic carbocycles. The molecule has 1 heteroatoms. The van der Waals surface area contributed by atoms with E-state index in [1.54, 1.807) is 0 Å². The molecule has 1 aliphatic carbocycles. The average molecular weight is 388 g/mol. The molecular weight excluding hydrogens is 367 g/mol. The van der Waals surface area contributed by atoms with Gasteiger partial charge in [-0.3, -0.25) is 0 Å². The van der Waals surface area contributed by atoms with Gasteiger partial charge < -0.3 is 0 Å². The molecule has 0 N–H and O–H groups in total. The fourth-order valence-electron chi connectivity index (χ4n) is 3.38. The van der Waals surface area contributed by atoms with Crippen molar-refractivity contribution in [3.63, 3.8) is 0 Å². The van der Waals surface area contributed by atoms with E-state index in [0.29, 0.717) is 0 Å². The van der Waals surface area contributed by atoms with Crippen molar-refractivity contribution in [2.45, 2.75) is 19.8 Å². The van der Waals surface area contributed by atoms with E-state index in [0.717, 1.165) is 12.8 Å². The van der Waals surface area contributed by atoms with Crippen molar-refractivity contribution in [1.29, 1.82) is 0 Å². The largest absolute Gasteiger partial charge is 0.0622 e. The van der Waals surface area contributed by atoms with Crippen molar-refractivity contribution in [2.24, 2.45) is 0 Å². The number of benzene rings is 3. The van der Waals surface area contributed by atoms with Crippen LogP contribution in [0.1, 0.15) is 29.2 Å². The minimum Gasteiger partial charge on any atom is -0.0622 e. The van der Waals surface area contributed by atoms with Crippen LogP contribution in [0.4, 0.5) is 0 Å². The number of aryl methyl sites for hydroxylation is 1. The Kier molecular flexibility index (Phi) is 5.31. The first-order valence-corrected chi connectivity index (χ1v) is 8.32.